The minimum atomic E-state index is -0.544. The van der Waals surface area contributed by atoms with Gasteiger partial charge in [-0.1, -0.05) is 12.1 Å². The summed E-state index contributed by atoms with van der Waals surface area (Å²) in [5, 5.41) is 9.37. The van der Waals surface area contributed by atoms with Gasteiger partial charge in [0.25, 0.3) is 0 Å². The van der Waals surface area contributed by atoms with Crippen LogP contribution in [0, 0.1) is 13.8 Å². The predicted molar refractivity (Wildman–Crippen MR) is 58.9 cm³/mol. The van der Waals surface area contributed by atoms with E-state index in [0.29, 0.717) is 0 Å². The first-order chi connectivity index (χ1) is 6.43. The largest absolute Gasteiger partial charge is 0.398 e. The van der Waals surface area contributed by atoms with Gasteiger partial charge in [0, 0.05) is 5.69 Å². The van der Waals surface area contributed by atoms with Crippen LogP contribution in [-0.2, 0) is 0 Å². The number of nitrogen functional groups attached to an aromatic ring is 1. The van der Waals surface area contributed by atoms with Crippen LogP contribution in [0.3, 0.4) is 0 Å². The number of aliphatic hydroxyl groups is 1. The van der Waals surface area contributed by atoms with Gasteiger partial charge in [0.2, 0.25) is 0 Å². The molecule has 0 aliphatic rings. The molecule has 0 saturated heterocycles. The second kappa shape index (κ2) is 3.98. The third-order valence-corrected chi connectivity index (χ3v) is 2.52. The van der Waals surface area contributed by atoms with Gasteiger partial charge in [-0.25, -0.2) is 0 Å². The van der Waals surface area contributed by atoms with E-state index in [1.54, 1.807) is 6.92 Å². The van der Waals surface area contributed by atoms with E-state index < -0.39 is 6.10 Å². The smallest absolute Gasteiger partial charge is 0.0704 e. The van der Waals surface area contributed by atoms with Gasteiger partial charge in [0.05, 0.1) is 12.1 Å². The van der Waals surface area contributed by atoms with E-state index in [-0.39, 0.29) is 6.04 Å². The standard InChI is InChI=1S/C11H18N2O/c1-6-4-9(11(13)8(3)14)5-7(2)10(6)12/h4-5,8,11,14H,12-13H2,1-3H3/t8-,11-/m0/s1. The van der Waals surface area contributed by atoms with Crippen LogP contribution in [0.25, 0.3) is 0 Å². The molecular formula is C11H18N2O. The average Bonchev–Trinajstić information content (AvgIpc) is 2.12. The Labute approximate surface area is 84.7 Å². The lowest BCUT2D eigenvalue weighted by Crippen LogP contribution is -2.23. The Morgan fingerprint density at radius 3 is 2.00 bits per heavy atom. The van der Waals surface area contributed by atoms with Crippen LogP contribution in [0.5, 0.6) is 0 Å². The number of rotatable bonds is 2. The highest BCUT2D eigenvalue weighted by atomic mass is 16.3. The Morgan fingerprint density at radius 2 is 1.64 bits per heavy atom. The third kappa shape index (κ3) is 2.05. The van der Waals surface area contributed by atoms with Gasteiger partial charge in [0.1, 0.15) is 0 Å². The molecule has 14 heavy (non-hydrogen) atoms. The normalized spacial score (nSPS) is 15.2. The van der Waals surface area contributed by atoms with E-state index in [4.69, 9.17) is 11.5 Å². The van der Waals surface area contributed by atoms with Gasteiger partial charge in [-0.3, -0.25) is 0 Å². The molecule has 3 heteroatoms. The molecule has 0 saturated carbocycles. The lowest BCUT2D eigenvalue weighted by Gasteiger charge is -2.17. The number of benzene rings is 1. The summed E-state index contributed by atoms with van der Waals surface area (Å²) in [5.41, 5.74) is 15.4. The molecule has 0 bridgehead atoms. The van der Waals surface area contributed by atoms with Gasteiger partial charge in [-0.2, -0.15) is 0 Å². The van der Waals surface area contributed by atoms with E-state index in [0.717, 1.165) is 22.4 Å². The van der Waals surface area contributed by atoms with Crippen LogP contribution in [-0.4, -0.2) is 11.2 Å². The predicted octanol–water partition coefficient (Wildman–Crippen LogP) is 1.27. The van der Waals surface area contributed by atoms with Crippen molar-refractivity contribution in [2.45, 2.75) is 32.9 Å². The van der Waals surface area contributed by atoms with Crippen molar-refractivity contribution in [1.29, 1.82) is 0 Å². The quantitative estimate of drug-likeness (QED) is 0.621. The van der Waals surface area contributed by atoms with Crippen LogP contribution in [0.1, 0.15) is 29.7 Å². The van der Waals surface area contributed by atoms with Crippen molar-refractivity contribution < 1.29 is 5.11 Å². The van der Waals surface area contributed by atoms with Crippen molar-refractivity contribution in [3.05, 3.63) is 28.8 Å². The monoisotopic (exact) mass is 194 g/mol. The zero-order chi connectivity index (χ0) is 10.9. The topological polar surface area (TPSA) is 72.3 Å². The van der Waals surface area contributed by atoms with E-state index in [2.05, 4.69) is 0 Å². The molecule has 1 aromatic carbocycles. The van der Waals surface area contributed by atoms with E-state index in [1.807, 2.05) is 26.0 Å². The summed E-state index contributed by atoms with van der Waals surface area (Å²) >= 11 is 0. The molecule has 1 rings (SSSR count). The first kappa shape index (κ1) is 11.0. The highest BCUT2D eigenvalue weighted by Gasteiger charge is 2.13. The third-order valence-electron chi connectivity index (χ3n) is 2.52. The van der Waals surface area contributed by atoms with Crippen molar-refractivity contribution >= 4 is 5.69 Å². The molecule has 0 spiro atoms. The van der Waals surface area contributed by atoms with Crippen molar-refractivity contribution in [1.82, 2.24) is 0 Å². The molecule has 1 aromatic rings. The van der Waals surface area contributed by atoms with Gasteiger partial charge in [-0.15, -0.1) is 0 Å². The molecular weight excluding hydrogens is 176 g/mol. The average molecular weight is 194 g/mol. The first-order valence-corrected chi connectivity index (χ1v) is 4.73. The minimum absolute atomic E-state index is 0.340. The fourth-order valence-electron chi connectivity index (χ4n) is 1.48. The lowest BCUT2D eigenvalue weighted by molar-refractivity contribution is 0.164. The number of hydrogen-bond acceptors (Lipinski definition) is 3. The summed E-state index contributed by atoms with van der Waals surface area (Å²) in [6, 6.07) is 3.52. The minimum Gasteiger partial charge on any atom is -0.398 e. The summed E-state index contributed by atoms with van der Waals surface area (Å²) in [6.45, 7) is 5.58. The molecule has 78 valence electrons. The number of anilines is 1. The molecule has 0 aliphatic carbocycles. The fraction of sp³-hybridized carbons (Fsp3) is 0.455. The molecule has 3 nitrogen and oxygen atoms in total. The lowest BCUT2D eigenvalue weighted by atomic mass is 9.97. The summed E-state index contributed by atoms with van der Waals surface area (Å²) in [6.07, 6.45) is -0.544. The van der Waals surface area contributed by atoms with Crippen LogP contribution >= 0.6 is 0 Å². The molecule has 2 atom stereocenters. The van der Waals surface area contributed by atoms with E-state index >= 15 is 0 Å². The van der Waals surface area contributed by atoms with Crippen molar-refractivity contribution in [2.75, 3.05) is 5.73 Å². The Morgan fingerprint density at radius 1 is 1.21 bits per heavy atom. The number of hydrogen-bond donors (Lipinski definition) is 3. The fourth-order valence-corrected chi connectivity index (χ4v) is 1.48. The van der Waals surface area contributed by atoms with Gasteiger partial charge in [-0.05, 0) is 37.5 Å². The Bertz CT molecular complexity index is 311. The van der Waals surface area contributed by atoms with E-state index in [9.17, 15) is 5.11 Å². The maximum Gasteiger partial charge on any atom is 0.0704 e. The summed E-state index contributed by atoms with van der Waals surface area (Å²) in [4.78, 5) is 0. The number of aliphatic hydroxyl groups excluding tert-OH is 1. The summed E-state index contributed by atoms with van der Waals surface area (Å²) in [7, 11) is 0. The number of nitrogens with two attached hydrogens (primary N) is 2. The number of aryl methyl sites for hydroxylation is 2. The zero-order valence-electron chi connectivity index (χ0n) is 8.91. The van der Waals surface area contributed by atoms with Crippen molar-refractivity contribution in [3.63, 3.8) is 0 Å². The Hall–Kier alpha value is -1.06. The van der Waals surface area contributed by atoms with Gasteiger partial charge in [0.15, 0.2) is 0 Å². The van der Waals surface area contributed by atoms with Gasteiger partial charge < -0.3 is 16.6 Å². The highest BCUT2D eigenvalue weighted by Crippen LogP contribution is 2.23. The second-order valence-electron chi connectivity index (χ2n) is 3.83. The maximum absolute atomic E-state index is 9.37. The van der Waals surface area contributed by atoms with Crippen LogP contribution in [0.4, 0.5) is 5.69 Å². The SMILES string of the molecule is Cc1cc([C@@H](N)[C@H](C)O)cc(C)c1N. The Balaban J connectivity index is 3.12. The maximum atomic E-state index is 9.37. The molecule has 5 N–H and O–H groups in total. The molecule has 0 heterocycles. The first-order valence-electron chi connectivity index (χ1n) is 4.73. The van der Waals surface area contributed by atoms with Crippen LogP contribution < -0.4 is 11.5 Å². The van der Waals surface area contributed by atoms with Gasteiger partial charge >= 0.3 is 0 Å². The Kier molecular flexibility index (Phi) is 3.13. The van der Waals surface area contributed by atoms with Crippen LogP contribution in [0.2, 0.25) is 0 Å². The molecule has 0 unspecified atom stereocenters. The van der Waals surface area contributed by atoms with Crippen molar-refractivity contribution in [2.24, 2.45) is 5.73 Å². The summed E-state index contributed by atoms with van der Waals surface area (Å²) in [5.74, 6) is 0. The molecule has 0 fully saturated rings. The molecule has 0 amide bonds. The van der Waals surface area contributed by atoms with Crippen LogP contribution in [0.15, 0.2) is 12.1 Å². The van der Waals surface area contributed by atoms with E-state index in [1.165, 1.54) is 0 Å². The summed E-state index contributed by atoms with van der Waals surface area (Å²) < 4.78 is 0. The highest BCUT2D eigenvalue weighted by molar-refractivity contribution is 5.54. The van der Waals surface area contributed by atoms with Crippen molar-refractivity contribution in [3.8, 4) is 0 Å². The zero-order valence-corrected chi connectivity index (χ0v) is 8.91. The molecule has 0 radical (unpaired) electrons. The molecule has 0 aromatic heterocycles. The second-order valence-corrected chi connectivity index (χ2v) is 3.83. The molecule has 0 aliphatic heterocycles.